The van der Waals surface area contributed by atoms with Gasteiger partial charge in [0.15, 0.2) is 0 Å². The lowest BCUT2D eigenvalue weighted by Gasteiger charge is -2.29. The van der Waals surface area contributed by atoms with Crippen molar-refractivity contribution in [3.05, 3.63) is 29.8 Å². The van der Waals surface area contributed by atoms with Crippen molar-refractivity contribution in [2.24, 2.45) is 5.73 Å². The maximum absolute atomic E-state index is 11.6. The lowest BCUT2D eigenvalue weighted by molar-refractivity contribution is -0.124. The summed E-state index contributed by atoms with van der Waals surface area (Å²) in [6, 6.07) is 8.01. The summed E-state index contributed by atoms with van der Waals surface area (Å²) in [7, 11) is 0. The van der Waals surface area contributed by atoms with Gasteiger partial charge >= 0.3 is 0 Å². The Morgan fingerprint density at radius 3 is 2.58 bits per heavy atom. The van der Waals surface area contributed by atoms with Gasteiger partial charge in [-0.2, -0.15) is 0 Å². The molecule has 0 spiro atoms. The fourth-order valence-electron chi connectivity index (χ4n) is 1.99. The Morgan fingerprint density at radius 2 is 2.05 bits per heavy atom. The van der Waals surface area contributed by atoms with Gasteiger partial charge in [-0.05, 0) is 39.3 Å². The van der Waals surface area contributed by atoms with Crippen LogP contribution in [0.2, 0.25) is 0 Å². The summed E-state index contributed by atoms with van der Waals surface area (Å²) >= 11 is 0. The highest BCUT2D eigenvalue weighted by atomic mass is 16.5. The number of ether oxygens (including phenoxy) is 1. The van der Waals surface area contributed by atoms with Gasteiger partial charge in [-0.25, -0.2) is 0 Å². The van der Waals surface area contributed by atoms with Crippen LogP contribution in [-0.4, -0.2) is 24.1 Å². The van der Waals surface area contributed by atoms with E-state index in [1.807, 2.05) is 52.0 Å². The van der Waals surface area contributed by atoms with Gasteiger partial charge in [0.25, 0.3) is 0 Å². The molecule has 0 aromatic heterocycles. The molecule has 4 heteroatoms. The second-order valence-corrected chi connectivity index (χ2v) is 5.36. The highest BCUT2D eigenvalue weighted by molar-refractivity contribution is 5.84. The number of para-hydroxylation sites is 1. The van der Waals surface area contributed by atoms with Crippen molar-refractivity contribution in [3.8, 4) is 5.75 Å². The minimum Gasteiger partial charge on any atom is -0.493 e. The average Bonchev–Trinajstić information content (AvgIpc) is 2.30. The van der Waals surface area contributed by atoms with E-state index in [1.54, 1.807) is 0 Å². The van der Waals surface area contributed by atoms with Crippen LogP contribution in [-0.2, 0) is 4.79 Å². The first-order chi connectivity index (χ1) is 8.85. The number of hydrogen-bond donors (Lipinski definition) is 2. The summed E-state index contributed by atoms with van der Waals surface area (Å²) in [5, 5.41) is 3.20. The molecule has 0 aliphatic rings. The number of amides is 1. The van der Waals surface area contributed by atoms with E-state index in [0.29, 0.717) is 13.0 Å². The van der Waals surface area contributed by atoms with Gasteiger partial charge in [0.2, 0.25) is 5.91 Å². The molecule has 3 N–H and O–H groups in total. The molecule has 1 atom stereocenters. The number of rotatable bonds is 7. The first kappa shape index (κ1) is 15.5. The zero-order valence-electron chi connectivity index (χ0n) is 12.2. The Bertz CT molecular complexity index is 432. The van der Waals surface area contributed by atoms with Gasteiger partial charge in [0.1, 0.15) is 5.75 Å². The molecule has 1 amide bonds. The first-order valence-electron chi connectivity index (χ1n) is 6.61. The van der Waals surface area contributed by atoms with Gasteiger partial charge in [-0.15, -0.1) is 0 Å². The second kappa shape index (κ2) is 6.57. The van der Waals surface area contributed by atoms with Crippen LogP contribution in [0.15, 0.2) is 24.3 Å². The highest BCUT2D eigenvalue weighted by Crippen LogP contribution is 2.18. The number of hydrogen-bond acceptors (Lipinski definition) is 3. The van der Waals surface area contributed by atoms with E-state index >= 15 is 0 Å². The van der Waals surface area contributed by atoms with E-state index in [4.69, 9.17) is 10.5 Å². The van der Waals surface area contributed by atoms with E-state index in [0.717, 1.165) is 11.3 Å². The average molecular weight is 264 g/mol. The van der Waals surface area contributed by atoms with Crippen LogP contribution in [0.4, 0.5) is 0 Å². The van der Waals surface area contributed by atoms with Crippen molar-refractivity contribution < 1.29 is 9.53 Å². The molecule has 0 aliphatic carbocycles. The molecule has 1 aromatic rings. The SMILES string of the molecule is Cc1ccccc1OCCC(C)(NC(C)C)C(N)=O. The summed E-state index contributed by atoms with van der Waals surface area (Å²) in [5.74, 6) is 0.494. The molecule has 0 saturated carbocycles. The number of nitrogens with one attached hydrogen (secondary N) is 1. The zero-order chi connectivity index (χ0) is 14.5. The van der Waals surface area contributed by atoms with Crippen LogP contribution in [0.5, 0.6) is 5.75 Å². The number of carbonyl (C=O) groups excluding carboxylic acids is 1. The number of benzene rings is 1. The molecule has 19 heavy (non-hydrogen) atoms. The smallest absolute Gasteiger partial charge is 0.237 e. The third-order valence-electron chi connectivity index (χ3n) is 3.10. The fraction of sp³-hybridized carbons (Fsp3) is 0.533. The van der Waals surface area contributed by atoms with Crippen molar-refractivity contribution in [2.75, 3.05) is 6.61 Å². The summed E-state index contributed by atoms with van der Waals surface area (Å²) < 4.78 is 5.72. The van der Waals surface area contributed by atoms with E-state index < -0.39 is 5.54 Å². The molecule has 0 heterocycles. The second-order valence-electron chi connectivity index (χ2n) is 5.36. The fourth-order valence-corrected chi connectivity index (χ4v) is 1.99. The van der Waals surface area contributed by atoms with Crippen molar-refractivity contribution in [2.45, 2.75) is 45.7 Å². The quantitative estimate of drug-likeness (QED) is 0.791. The van der Waals surface area contributed by atoms with E-state index in [2.05, 4.69) is 5.32 Å². The third kappa shape index (κ3) is 4.56. The Kier molecular flexibility index (Phi) is 5.36. The lowest BCUT2D eigenvalue weighted by atomic mass is 9.96. The molecule has 0 saturated heterocycles. The standard InChI is InChI=1S/C15H24N2O2/c1-11(2)17-15(4,14(16)18)9-10-19-13-8-6-5-7-12(13)3/h5-8,11,17H,9-10H2,1-4H3,(H2,16,18). The van der Waals surface area contributed by atoms with E-state index in [1.165, 1.54) is 0 Å². The van der Waals surface area contributed by atoms with Crippen LogP contribution in [0.25, 0.3) is 0 Å². The van der Waals surface area contributed by atoms with Crippen molar-refractivity contribution in [1.82, 2.24) is 5.32 Å². The molecule has 4 nitrogen and oxygen atoms in total. The Hall–Kier alpha value is -1.55. The Labute approximate surface area is 115 Å². The van der Waals surface area contributed by atoms with Crippen molar-refractivity contribution >= 4 is 5.91 Å². The van der Waals surface area contributed by atoms with Crippen LogP contribution in [0, 0.1) is 6.92 Å². The van der Waals surface area contributed by atoms with Gasteiger partial charge in [-0.1, -0.05) is 18.2 Å². The van der Waals surface area contributed by atoms with E-state index in [-0.39, 0.29) is 11.9 Å². The van der Waals surface area contributed by atoms with Gasteiger partial charge in [0.05, 0.1) is 12.1 Å². The van der Waals surface area contributed by atoms with Crippen LogP contribution >= 0.6 is 0 Å². The minimum absolute atomic E-state index is 0.191. The Morgan fingerprint density at radius 1 is 1.42 bits per heavy atom. The van der Waals surface area contributed by atoms with Crippen molar-refractivity contribution in [1.29, 1.82) is 0 Å². The zero-order valence-corrected chi connectivity index (χ0v) is 12.2. The summed E-state index contributed by atoms with van der Waals surface area (Å²) in [6.07, 6.45) is 0.537. The van der Waals surface area contributed by atoms with Crippen molar-refractivity contribution in [3.63, 3.8) is 0 Å². The largest absolute Gasteiger partial charge is 0.493 e. The molecule has 1 aromatic carbocycles. The number of nitrogens with two attached hydrogens (primary N) is 1. The molecule has 0 aliphatic heterocycles. The molecule has 0 radical (unpaired) electrons. The highest BCUT2D eigenvalue weighted by Gasteiger charge is 2.31. The first-order valence-corrected chi connectivity index (χ1v) is 6.61. The predicted molar refractivity (Wildman–Crippen MR) is 77.2 cm³/mol. The maximum atomic E-state index is 11.6. The summed E-state index contributed by atoms with van der Waals surface area (Å²) in [6.45, 7) is 8.24. The molecule has 0 fully saturated rings. The monoisotopic (exact) mass is 264 g/mol. The summed E-state index contributed by atoms with van der Waals surface area (Å²) in [4.78, 5) is 11.6. The Balaban J connectivity index is 2.58. The number of primary amides is 1. The lowest BCUT2D eigenvalue weighted by Crippen LogP contribution is -2.56. The predicted octanol–water partition coefficient (Wildman–Crippen LogP) is 2.01. The normalized spacial score (nSPS) is 14.2. The van der Waals surface area contributed by atoms with Crippen LogP contribution < -0.4 is 15.8 Å². The maximum Gasteiger partial charge on any atom is 0.237 e. The molecule has 0 bridgehead atoms. The van der Waals surface area contributed by atoms with Gasteiger partial charge in [-0.3, -0.25) is 4.79 Å². The third-order valence-corrected chi connectivity index (χ3v) is 3.10. The summed E-state index contributed by atoms with van der Waals surface area (Å²) in [5.41, 5.74) is 5.82. The molecular formula is C15H24N2O2. The molecular weight excluding hydrogens is 240 g/mol. The van der Waals surface area contributed by atoms with Crippen LogP contribution in [0.1, 0.15) is 32.8 Å². The van der Waals surface area contributed by atoms with E-state index in [9.17, 15) is 4.79 Å². The minimum atomic E-state index is -0.739. The number of aryl methyl sites for hydroxylation is 1. The molecule has 1 rings (SSSR count). The molecule has 106 valence electrons. The van der Waals surface area contributed by atoms with Crippen LogP contribution in [0.3, 0.4) is 0 Å². The van der Waals surface area contributed by atoms with Gasteiger partial charge < -0.3 is 15.8 Å². The number of carbonyl (C=O) groups is 1. The topological polar surface area (TPSA) is 64.3 Å². The molecule has 1 unspecified atom stereocenters. The van der Waals surface area contributed by atoms with Gasteiger partial charge in [0, 0.05) is 12.5 Å².